The third kappa shape index (κ3) is 5.69. The van der Waals surface area contributed by atoms with Gasteiger partial charge in [-0.3, -0.25) is 4.79 Å². The molecule has 0 aliphatic heterocycles. The number of halogens is 2. The summed E-state index contributed by atoms with van der Waals surface area (Å²) in [6, 6.07) is 0. The molecular weight excluding hydrogens is 268 g/mol. The van der Waals surface area contributed by atoms with Crippen molar-refractivity contribution in [1.82, 2.24) is 9.62 Å². The molecule has 0 atom stereocenters. The van der Waals surface area contributed by atoms with Crippen LogP contribution in [0.25, 0.3) is 0 Å². The van der Waals surface area contributed by atoms with Crippen molar-refractivity contribution < 1.29 is 22.0 Å². The van der Waals surface area contributed by atoms with Crippen LogP contribution < -0.4 is 11.1 Å². The third-order valence-corrected chi connectivity index (χ3v) is 4.19. The highest BCUT2D eigenvalue weighted by molar-refractivity contribution is 7.89. The second kappa shape index (κ2) is 6.95. The summed E-state index contributed by atoms with van der Waals surface area (Å²) >= 11 is 0. The van der Waals surface area contributed by atoms with Gasteiger partial charge in [0, 0.05) is 13.1 Å². The van der Waals surface area contributed by atoms with Gasteiger partial charge in [0.15, 0.2) is 0 Å². The first-order chi connectivity index (χ1) is 8.18. The summed E-state index contributed by atoms with van der Waals surface area (Å²) in [5, 5.41) is 1.86. The predicted molar refractivity (Wildman–Crippen MR) is 63.7 cm³/mol. The van der Waals surface area contributed by atoms with E-state index in [0.717, 1.165) is 4.31 Å². The number of carbonyl (C=O) groups excluding carboxylic acids is 1. The van der Waals surface area contributed by atoms with Gasteiger partial charge in [-0.05, 0) is 0 Å². The molecule has 0 bridgehead atoms. The Morgan fingerprint density at radius 1 is 1.33 bits per heavy atom. The van der Waals surface area contributed by atoms with Crippen LogP contribution in [0.4, 0.5) is 8.78 Å². The average molecular weight is 287 g/mol. The maximum Gasteiger partial charge on any atom is 0.277 e. The highest BCUT2D eigenvalue weighted by atomic mass is 32.2. The standard InChI is InChI=1S/C9H19F2N3O3S/c1-3-14(4-2)18(16,17)5-8(15)13-7-9(10,11)6-12/h3-7,12H2,1-2H3,(H,13,15). The van der Waals surface area contributed by atoms with Crippen molar-refractivity contribution in [3.05, 3.63) is 0 Å². The summed E-state index contributed by atoms with van der Waals surface area (Å²) in [4.78, 5) is 11.3. The number of nitrogens with one attached hydrogen (secondary N) is 1. The maximum absolute atomic E-state index is 12.7. The van der Waals surface area contributed by atoms with E-state index in [1.165, 1.54) is 0 Å². The van der Waals surface area contributed by atoms with Crippen LogP contribution in [-0.4, -0.2) is 56.5 Å². The first kappa shape index (κ1) is 17.2. The quantitative estimate of drug-likeness (QED) is 0.621. The van der Waals surface area contributed by atoms with Crippen LogP contribution in [-0.2, 0) is 14.8 Å². The zero-order valence-corrected chi connectivity index (χ0v) is 11.3. The lowest BCUT2D eigenvalue weighted by Crippen LogP contribution is -2.45. The summed E-state index contributed by atoms with van der Waals surface area (Å²) < 4.78 is 49.9. The number of nitrogens with zero attached hydrogens (tertiary/aromatic N) is 1. The molecule has 0 aromatic heterocycles. The van der Waals surface area contributed by atoms with E-state index in [9.17, 15) is 22.0 Å². The minimum Gasteiger partial charge on any atom is -0.349 e. The zero-order chi connectivity index (χ0) is 14.4. The van der Waals surface area contributed by atoms with Crippen molar-refractivity contribution in [3.63, 3.8) is 0 Å². The van der Waals surface area contributed by atoms with Crippen molar-refractivity contribution >= 4 is 15.9 Å². The largest absolute Gasteiger partial charge is 0.349 e. The monoisotopic (exact) mass is 287 g/mol. The molecule has 0 fully saturated rings. The summed E-state index contributed by atoms with van der Waals surface area (Å²) in [5.41, 5.74) is 4.78. The topological polar surface area (TPSA) is 92.5 Å². The van der Waals surface area contributed by atoms with Gasteiger partial charge in [-0.1, -0.05) is 13.8 Å². The highest BCUT2D eigenvalue weighted by Crippen LogP contribution is 2.08. The SMILES string of the molecule is CCN(CC)S(=O)(=O)CC(=O)NCC(F)(F)CN. The van der Waals surface area contributed by atoms with Crippen LogP contribution in [0.5, 0.6) is 0 Å². The average Bonchev–Trinajstić information content (AvgIpc) is 2.27. The van der Waals surface area contributed by atoms with Crippen LogP contribution in [0.15, 0.2) is 0 Å². The Labute approximate surface area is 106 Å². The molecule has 6 nitrogen and oxygen atoms in total. The van der Waals surface area contributed by atoms with E-state index in [1.807, 2.05) is 5.32 Å². The van der Waals surface area contributed by atoms with Gasteiger partial charge in [0.1, 0.15) is 5.75 Å². The van der Waals surface area contributed by atoms with Crippen LogP contribution in [0, 0.1) is 0 Å². The third-order valence-electron chi connectivity index (χ3n) is 2.26. The first-order valence-corrected chi connectivity index (χ1v) is 7.11. The Bertz CT molecular complexity index is 369. The second-order valence-electron chi connectivity index (χ2n) is 3.68. The van der Waals surface area contributed by atoms with Gasteiger partial charge in [-0.2, -0.15) is 0 Å². The fourth-order valence-electron chi connectivity index (χ4n) is 1.23. The Kier molecular flexibility index (Phi) is 6.64. The molecule has 0 unspecified atom stereocenters. The van der Waals surface area contributed by atoms with Crippen LogP contribution in [0.1, 0.15) is 13.8 Å². The number of sulfonamides is 1. The number of hydrogen-bond acceptors (Lipinski definition) is 4. The summed E-state index contributed by atoms with van der Waals surface area (Å²) in [7, 11) is -3.75. The van der Waals surface area contributed by atoms with E-state index < -0.39 is 40.7 Å². The van der Waals surface area contributed by atoms with Gasteiger partial charge in [0.05, 0.1) is 13.1 Å². The maximum atomic E-state index is 12.7. The molecule has 9 heteroatoms. The molecule has 0 aromatic rings. The number of nitrogens with two attached hydrogens (primary N) is 1. The second-order valence-corrected chi connectivity index (χ2v) is 5.65. The van der Waals surface area contributed by atoms with E-state index in [-0.39, 0.29) is 13.1 Å². The molecule has 0 saturated carbocycles. The van der Waals surface area contributed by atoms with Gasteiger partial charge in [-0.15, -0.1) is 0 Å². The Morgan fingerprint density at radius 2 is 1.83 bits per heavy atom. The highest BCUT2D eigenvalue weighted by Gasteiger charge is 2.29. The molecule has 0 radical (unpaired) electrons. The van der Waals surface area contributed by atoms with Crippen LogP contribution >= 0.6 is 0 Å². The summed E-state index contributed by atoms with van der Waals surface area (Å²) in [6.45, 7) is 1.84. The van der Waals surface area contributed by atoms with Crippen molar-refractivity contribution in [2.45, 2.75) is 19.8 Å². The number of rotatable bonds is 8. The van der Waals surface area contributed by atoms with Crippen molar-refractivity contribution in [2.24, 2.45) is 5.73 Å². The van der Waals surface area contributed by atoms with Gasteiger partial charge in [0.2, 0.25) is 15.9 Å². The van der Waals surface area contributed by atoms with E-state index in [2.05, 4.69) is 0 Å². The number of amides is 1. The van der Waals surface area contributed by atoms with E-state index in [0.29, 0.717) is 0 Å². The minimum atomic E-state index is -3.75. The van der Waals surface area contributed by atoms with Crippen molar-refractivity contribution in [3.8, 4) is 0 Å². The molecule has 18 heavy (non-hydrogen) atoms. The summed E-state index contributed by atoms with van der Waals surface area (Å²) in [6.07, 6.45) is 0. The molecule has 0 heterocycles. The molecule has 0 aliphatic carbocycles. The van der Waals surface area contributed by atoms with Gasteiger partial charge in [-0.25, -0.2) is 21.5 Å². The molecule has 0 spiro atoms. The number of hydrogen-bond donors (Lipinski definition) is 2. The normalized spacial score (nSPS) is 12.8. The molecular formula is C9H19F2N3O3S. The Hall–Kier alpha value is -0.800. The number of carbonyl (C=O) groups is 1. The Balaban J connectivity index is 4.41. The van der Waals surface area contributed by atoms with E-state index in [1.54, 1.807) is 13.8 Å². The molecule has 0 saturated heterocycles. The lowest BCUT2D eigenvalue weighted by molar-refractivity contribution is -0.120. The number of alkyl halides is 2. The van der Waals surface area contributed by atoms with Crippen LogP contribution in [0.3, 0.4) is 0 Å². The molecule has 0 aromatic carbocycles. The van der Waals surface area contributed by atoms with E-state index in [4.69, 9.17) is 5.73 Å². The van der Waals surface area contributed by atoms with Gasteiger partial charge in [0.25, 0.3) is 5.92 Å². The summed E-state index contributed by atoms with van der Waals surface area (Å²) in [5.74, 6) is -5.03. The first-order valence-electron chi connectivity index (χ1n) is 5.51. The molecule has 0 rings (SSSR count). The molecule has 108 valence electrons. The molecule has 0 aliphatic rings. The predicted octanol–water partition coefficient (Wildman–Crippen LogP) is -0.632. The van der Waals surface area contributed by atoms with Crippen LogP contribution in [0.2, 0.25) is 0 Å². The smallest absolute Gasteiger partial charge is 0.277 e. The lowest BCUT2D eigenvalue weighted by atomic mass is 10.3. The van der Waals surface area contributed by atoms with Gasteiger partial charge >= 0.3 is 0 Å². The zero-order valence-electron chi connectivity index (χ0n) is 10.4. The molecule has 1 amide bonds. The lowest BCUT2D eigenvalue weighted by Gasteiger charge is -2.19. The molecule has 3 N–H and O–H groups in total. The van der Waals surface area contributed by atoms with Crippen molar-refractivity contribution in [1.29, 1.82) is 0 Å². The minimum absolute atomic E-state index is 0.227. The fraction of sp³-hybridized carbons (Fsp3) is 0.889. The Morgan fingerprint density at radius 3 is 2.22 bits per heavy atom. The van der Waals surface area contributed by atoms with Crippen molar-refractivity contribution in [2.75, 3.05) is 31.9 Å². The van der Waals surface area contributed by atoms with E-state index >= 15 is 0 Å². The fourth-order valence-corrected chi connectivity index (χ4v) is 2.63. The van der Waals surface area contributed by atoms with Gasteiger partial charge < -0.3 is 11.1 Å².